The molecule has 2 N–H and O–H groups in total. The summed E-state index contributed by atoms with van der Waals surface area (Å²) in [7, 11) is 1.58. The van der Waals surface area contributed by atoms with Crippen molar-refractivity contribution in [3.63, 3.8) is 0 Å². The SMILES string of the molecule is COc1cc2nn([C@H]3CC[C@H](COCCC4CCN(C(=O)c5ccc(Cl)c(N6CCC(=O)NC6=O)c5)CC4)CC3)cc2cc1NC(=O)c1cccc(C)n1. The Balaban J connectivity index is 0.834. The zero-order valence-corrected chi connectivity index (χ0v) is 31.4. The molecular formula is C40H46ClN7O6. The van der Waals surface area contributed by atoms with Crippen molar-refractivity contribution in [1.29, 1.82) is 0 Å². The molecule has 2 aromatic heterocycles. The standard InChI is InChI=1S/C40H46ClN7O6/c1-25-4-3-5-32(42-25)38(50)43-34-20-29-23-48(45-33(29)22-36(34)53-2)30-9-6-27(7-10-30)24-54-19-15-26-12-16-46(17-13-26)39(51)28-8-11-31(41)35(21-28)47-18-14-37(49)44-40(47)52/h3-5,8,11,20-23,26-27,30H,6-7,9-10,12-19,24H2,1-2H3,(H,43,50)(H,44,49,52)/t27-,30-. The summed E-state index contributed by atoms with van der Waals surface area (Å²) >= 11 is 6.38. The first-order valence-electron chi connectivity index (χ1n) is 18.7. The molecule has 0 bridgehead atoms. The molecule has 4 aromatic rings. The van der Waals surface area contributed by atoms with Crippen LogP contribution in [0.1, 0.15) is 83.9 Å². The number of aryl methyl sites for hydroxylation is 1. The maximum atomic E-state index is 13.4. The van der Waals surface area contributed by atoms with Gasteiger partial charge in [0.25, 0.3) is 11.8 Å². The molecule has 2 aliphatic heterocycles. The molecule has 13 nitrogen and oxygen atoms in total. The second-order valence-corrected chi connectivity index (χ2v) is 14.9. The lowest BCUT2D eigenvalue weighted by atomic mass is 9.86. The predicted molar refractivity (Wildman–Crippen MR) is 205 cm³/mol. The van der Waals surface area contributed by atoms with Gasteiger partial charge in [-0.05, 0) is 100 Å². The van der Waals surface area contributed by atoms with Crippen LogP contribution in [0, 0.1) is 18.8 Å². The van der Waals surface area contributed by atoms with Crippen molar-refractivity contribution in [3.8, 4) is 5.75 Å². The third kappa shape index (κ3) is 8.52. The highest BCUT2D eigenvalue weighted by atomic mass is 35.5. The number of hydrogen-bond donors (Lipinski definition) is 2. The molecule has 4 heterocycles. The summed E-state index contributed by atoms with van der Waals surface area (Å²) in [6, 6.07) is 13.9. The molecule has 0 unspecified atom stereocenters. The molecule has 14 heteroatoms. The van der Waals surface area contributed by atoms with Gasteiger partial charge in [-0.2, -0.15) is 5.10 Å². The molecule has 0 radical (unpaired) electrons. The molecule has 2 saturated heterocycles. The number of aromatic nitrogens is 3. The second-order valence-electron chi connectivity index (χ2n) is 14.5. The fraction of sp³-hybridized carbons (Fsp3) is 0.450. The molecule has 5 amide bonds. The number of benzene rings is 2. The molecule has 1 saturated carbocycles. The largest absolute Gasteiger partial charge is 0.494 e. The Kier molecular flexibility index (Phi) is 11.4. The Morgan fingerprint density at radius 3 is 2.52 bits per heavy atom. The predicted octanol–water partition coefficient (Wildman–Crippen LogP) is 6.79. The Labute approximate surface area is 319 Å². The number of likely N-dealkylation sites (tertiary alicyclic amines) is 1. The number of urea groups is 1. The first-order valence-corrected chi connectivity index (χ1v) is 19.1. The summed E-state index contributed by atoms with van der Waals surface area (Å²) in [6.07, 6.45) is 9.23. The highest BCUT2D eigenvalue weighted by molar-refractivity contribution is 6.34. The van der Waals surface area contributed by atoms with E-state index in [0.717, 1.165) is 68.1 Å². The first kappa shape index (κ1) is 37.3. The smallest absolute Gasteiger partial charge is 0.328 e. The zero-order valence-electron chi connectivity index (χ0n) is 30.7. The lowest BCUT2D eigenvalue weighted by molar-refractivity contribution is -0.120. The van der Waals surface area contributed by atoms with Crippen LogP contribution < -0.4 is 20.3 Å². The molecule has 1 aliphatic carbocycles. The Bertz CT molecular complexity index is 2040. The van der Waals surface area contributed by atoms with E-state index in [-0.39, 0.29) is 30.7 Å². The van der Waals surface area contributed by atoms with Gasteiger partial charge in [0.1, 0.15) is 11.4 Å². The maximum Gasteiger partial charge on any atom is 0.328 e. The van der Waals surface area contributed by atoms with Gasteiger partial charge in [0.15, 0.2) is 0 Å². The number of hydrogen-bond acceptors (Lipinski definition) is 8. The topological polar surface area (TPSA) is 148 Å². The number of piperidine rings is 1. The van der Waals surface area contributed by atoms with E-state index in [1.165, 1.54) is 4.90 Å². The number of nitrogens with zero attached hydrogens (tertiary/aromatic N) is 5. The third-order valence-corrected chi connectivity index (χ3v) is 11.2. The zero-order chi connectivity index (χ0) is 37.8. The summed E-state index contributed by atoms with van der Waals surface area (Å²) in [6.45, 7) is 4.87. The van der Waals surface area contributed by atoms with E-state index in [9.17, 15) is 19.2 Å². The van der Waals surface area contributed by atoms with E-state index in [0.29, 0.717) is 71.0 Å². The van der Waals surface area contributed by atoms with Gasteiger partial charge in [0.2, 0.25) is 5.91 Å². The van der Waals surface area contributed by atoms with E-state index in [4.69, 9.17) is 26.2 Å². The van der Waals surface area contributed by atoms with Crippen molar-refractivity contribution in [1.82, 2.24) is 25.0 Å². The molecule has 7 rings (SSSR count). The van der Waals surface area contributed by atoms with Crippen molar-refractivity contribution >= 4 is 57.6 Å². The molecule has 2 aromatic carbocycles. The van der Waals surface area contributed by atoms with Crippen molar-refractivity contribution in [3.05, 3.63) is 76.7 Å². The molecule has 0 spiro atoms. The number of ether oxygens (including phenoxy) is 2. The highest BCUT2D eigenvalue weighted by Crippen LogP contribution is 2.36. The second kappa shape index (κ2) is 16.6. The average molecular weight is 756 g/mol. The minimum Gasteiger partial charge on any atom is -0.494 e. The van der Waals surface area contributed by atoms with Crippen LogP contribution in [-0.2, 0) is 9.53 Å². The van der Waals surface area contributed by atoms with E-state index in [2.05, 4.69) is 26.5 Å². The van der Waals surface area contributed by atoms with Crippen LogP contribution in [0.3, 0.4) is 0 Å². The van der Waals surface area contributed by atoms with Crippen molar-refractivity contribution in [2.75, 3.05) is 50.2 Å². The summed E-state index contributed by atoms with van der Waals surface area (Å²) < 4.78 is 13.8. The van der Waals surface area contributed by atoms with Gasteiger partial charge in [0.05, 0.1) is 35.1 Å². The number of carbonyl (C=O) groups is 4. The van der Waals surface area contributed by atoms with Crippen molar-refractivity contribution in [2.24, 2.45) is 11.8 Å². The van der Waals surface area contributed by atoms with Gasteiger partial charge in [0, 0.05) is 68.2 Å². The monoisotopic (exact) mass is 755 g/mol. The summed E-state index contributed by atoms with van der Waals surface area (Å²) in [5, 5.41) is 11.4. The van der Waals surface area contributed by atoms with Crippen molar-refractivity contribution in [2.45, 2.75) is 64.3 Å². The highest BCUT2D eigenvalue weighted by Gasteiger charge is 2.29. The number of anilines is 2. The first-order chi connectivity index (χ1) is 26.1. The number of halogens is 1. The molecule has 0 atom stereocenters. The van der Waals surface area contributed by atoms with Gasteiger partial charge in [-0.3, -0.25) is 29.3 Å². The van der Waals surface area contributed by atoms with E-state index >= 15 is 0 Å². The van der Waals surface area contributed by atoms with Crippen LogP contribution in [0.15, 0.2) is 54.7 Å². The number of carbonyl (C=O) groups excluding carboxylic acids is 4. The van der Waals surface area contributed by atoms with Gasteiger partial charge < -0.3 is 19.7 Å². The number of rotatable bonds is 11. The van der Waals surface area contributed by atoms with Crippen LogP contribution >= 0.6 is 11.6 Å². The molecule has 3 aliphatic rings. The lowest BCUT2D eigenvalue weighted by Gasteiger charge is -2.33. The molecule has 54 heavy (non-hydrogen) atoms. The fourth-order valence-electron chi connectivity index (χ4n) is 7.71. The van der Waals surface area contributed by atoms with Crippen LogP contribution in [0.4, 0.5) is 16.2 Å². The normalized spacial score (nSPS) is 19.5. The Hall–Kier alpha value is -5.01. The lowest BCUT2D eigenvalue weighted by Crippen LogP contribution is -2.49. The van der Waals surface area contributed by atoms with E-state index < -0.39 is 6.03 Å². The average Bonchev–Trinajstić information content (AvgIpc) is 3.60. The summed E-state index contributed by atoms with van der Waals surface area (Å²) in [5.41, 5.74) is 3.43. The van der Waals surface area contributed by atoms with Gasteiger partial charge in [-0.25, -0.2) is 9.78 Å². The quantitative estimate of drug-likeness (QED) is 0.159. The number of imide groups is 1. The van der Waals surface area contributed by atoms with Gasteiger partial charge in [-0.1, -0.05) is 17.7 Å². The third-order valence-electron chi connectivity index (χ3n) is 10.9. The fourth-order valence-corrected chi connectivity index (χ4v) is 7.93. The number of methoxy groups -OCH3 is 1. The van der Waals surface area contributed by atoms with Gasteiger partial charge in [-0.15, -0.1) is 0 Å². The van der Waals surface area contributed by atoms with E-state index in [1.54, 1.807) is 31.4 Å². The Morgan fingerprint density at radius 1 is 0.981 bits per heavy atom. The minimum absolute atomic E-state index is 0.0837. The minimum atomic E-state index is -0.532. The summed E-state index contributed by atoms with van der Waals surface area (Å²) in [5.74, 6) is 0.868. The summed E-state index contributed by atoms with van der Waals surface area (Å²) in [4.78, 5) is 57.8. The number of nitrogens with one attached hydrogen (secondary N) is 2. The Morgan fingerprint density at radius 2 is 1.78 bits per heavy atom. The maximum absolute atomic E-state index is 13.4. The van der Waals surface area contributed by atoms with Crippen molar-refractivity contribution < 1.29 is 28.7 Å². The van der Waals surface area contributed by atoms with Crippen LogP contribution in [-0.4, -0.2) is 83.4 Å². The molecule has 3 fully saturated rings. The van der Waals surface area contributed by atoms with Crippen LogP contribution in [0.5, 0.6) is 5.75 Å². The van der Waals surface area contributed by atoms with Crippen LogP contribution in [0.2, 0.25) is 5.02 Å². The van der Waals surface area contributed by atoms with Crippen LogP contribution in [0.25, 0.3) is 10.9 Å². The molecular weight excluding hydrogens is 710 g/mol. The number of amides is 5. The molecule has 284 valence electrons. The number of pyridine rings is 1. The van der Waals surface area contributed by atoms with Gasteiger partial charge >= 0.3 is 6.03 Å². The number of fused-ring (bicyclic) bond motifs is 1. The van der Waals surface area contributed by atoms with E-state index in [1.807, 2.05) is 36.1 Å².